The van der Waals surface area contributed by atoms with Gasteiger partial charge in [-0.15, -0.1) is 6.58 Å². The van der Waals surface area contributed by atoms with Crippen molar-refractivity contribution in [3.05, 3.63) is 42.5 Å². The lowest BCUT2D eigenvalue weighted by atomic mass is 10.1. The molecule has 1 aliphatic rings. The van der Waals surface area contributed by atoms with Crippen LogP contribution in [0.4, 0.5) is 0 Å². The lowest BCUT2D eigenvalue weighted by Gasteiger charge is -2.15. The van der Waals surface area contributed by atoms with Crippen molar-refractivity contribution in [1.29, 1.82) is 0 Å². The number of fused-ring (bicyclic) bond motifs is 1. The molecule has 1 aliphatic carbocycles. The van der Waals surface area contributed by atoms with Gasteiger partial charge in [0.25, 0.3) is 0 Å². The van der Waals surface area contributed by atoms with Crippen LogP contribution >= 0.6 is 0 Å². The Morgan fingerprint density at radius 1 is 1.25 bits per heavy atom. The Bertz CT molecular complexity index is 807. The van der Waals surface area contributed by atoms with E-state index in [1.54, 1.807) is 6.33 Å². The summed E-state index contributed by atoms with van der Waals surface area (Å²) in [6.07, 6.45) is 11.8. The second kappa shape index (κ2) is 9.99. The highest BCUT2D eigenvalue weighted by Gasteiger charge is 2.27. The van der Waals surface area contributed by atoms with Crippen molar-refractivity contribution in [2.24, 2.45) is 5.92 Å². The minimum Gasteiger partial charge on any atom is -0.329 e. The normalized spacial score (nSPS) is 19.4. The van der Waals surface area contributed by atoms with Gasteiger partial charge in [-0.1, -0.05) is 18.2 Å². The third-order valence-corrected chi connectivity index (χ3v) is 5.82. The number of nitrogens with one attached hydrogen (secondary N) is 2. The molecule has 1 fully saturated rings. The molecule has 1 saturated carbocycles. The molecule has 5 heteroatoms. The first-order valence-electron chi connectivity index (χ1n) is 10.6. The van der Waals surface area contributed by atoms with Gasteiger partial charge >= 0.3 is 0 Å². The maximum Gasteiger partial charge on any atom is 0.144 e. The van der Waals surface area contributed by atoms with Crippen LogP contribution in [0.3, 0.4) is 0 Å². The van der Waals surface area contributed by atoms with E-state index in [-0.39, 0.29) is 0 Å². The molecule has 152 valence electrons. The number of aromatic nitrogens is 3. The zero-order valence-electron chi connectivity index (χ0n) is 17.5. The van der Waals surface area contributed by atoms with Gasteiger partial charge < -0.3 is 15.2 Å². The highest BCUT2D eigenvalue weighted by molar-refractivity contribution is 5.88. The van der Waals surface area contributed by atoms with Gasteiger partial charge in [0.05, 0.1) is 5.69 Å². The van der Waals surface area contributed by atoms with E-state index in [9.17, 15) is 0 Å². The van der Waals surface area contributed by atoms with Crippen LogP contribution in [0.2, 0.25) is 0 Å². The fraction of sp³-hybridized carbons (Fsp3) is 0.565. The molecule has 0 aromatic carbocycles. The summed E-state index contributed by atoms with van der Waals surface area (Å²) in [6.45, 7) is 16.4. The fourth-order valence-electron chi connectivity index (χ4n) is 4.26. The van der Waals surface area contributed by atoms with E-state index in [1.165, 1.54) is 31.3 Å². The van der Waals surface area contributed by atoms with Crippen LogP contribution in [0.1, 0.15) is 56.3 Å². The molecule has 3 rings (SSSR count). The Hall–Kier alpha value is -1.98. The van der Waals surface area contributed by atoms with Crippen molar-refractivity contribution in [1.82, 2.24) is 25.2 Å². The van der Waals surface area contributed by atoms with Crippen molar-refractivity contribution in [3.63, 3.8) is 0 Å². The lowest BCUT2D eigenvalue weighted by molar-refractivity contribution is 0.452. The summed E-state index contributed by atoms with van der Waals surface area (Å²) < 4.78 is 2.37. The molecule has 28 heavy (non-hydrogen) atoms. The standard InChI is InChI=1S/C23H35N5/c1-5-20-15-28(23-22(20)18(4)26-16-27-23)21-8-7-19(13-21)14-25-11-6-10-24-12-9-17(2)3/h5,15-16,19,21,24-25H,1-2,6-14H2,3-4H3/t19-,21+/m1/s1. The van der Waals surface area contributed by atoms with Gasteiger partial charge in [-0.25, -0.2) is 9.97 Å². The second-order valence-corrected chi connectivity index (χ2v) is 8.20. The molecule has 0 unspecified atom stereocenters. The first-order chi connectivity index (χ1) is 13.6. The molecule has 0 saturated heterocycles. The number of nitrogens with zero attached hydrogens (tertiary/aromatic N) is 3. The molecule has 2 heterocycles. The lowest BCUT2D eigenvalue weighted by Crippen LogP contribution is -2.26. The third-order valence-electron chi connectivity index (χ3n) is 5.82. The van der Waals surface area contributed by atoms with Crippen molar-refractivity contribution < 1.29 is 0 Å². The number of hydrogen-bond donors (Lipinski definition) is 2. The highest BCUT2D eigenvalue weighted by Crippen LogP contribution is 2.37. The topological polar surface area (TPSA) is 54.8 Å². The summed E-state index contributed by atoms with van der Waals surface area (Å²) in [5.41, 5.74) is 4.49. The maximum absolute atomic E-state index is 4.58. The molecule has 0 spiro atoms. The van der Waals surface area contributed by atoms with Gasteiger partial charge in [-0.05, 0) is 78.0 Å². The molecule has 2 aromatic rings. The van der Waals surface area contributed by atoms with Crippen molar-refractivity contribution in [2.75, 3.05) is 26.2 Å². The number of aryl methyl sites for hydroxylation is 1. The molecule has 2 N–H and O–H groups in total. The smallest absolute Gasteiger partial charge is 0.144 e. The Morgan fingerprint density at radius 3 is 2.86 bits per heavy atom. The van der Waals surface area contributed by atoms with Gasteiger partial charge in [0.2, 0.25) is 0 Å². The predicted molar refractivity (Wildman–Crippen MR) is 119 cm³/mol. The molecule has 2 aromatic heterocycles. The van der Waals surface area contributed by atoms with Crippen molar-refractivity contribution in [2.45, 2.75) is 52.0 Å². The van der Waals surface area contributed by atoms with Crippen LogP contribution in [0.5, 0.6) is 0 Å². The molecule has 0 aliphatic heterocycles. The van der Waals surface area contributed by atoms with E-state index in [0.717, 1.165) is 60.8 Å². The molecule has 0 bridgehead atoms. The second-order valence-electron chi connectivity index (χ2n) is 8.20. The fourth-order valence-corrected chi connectivity index (χ4v) is 4.26. The summed E-state index contributed by atoms with van der Waals surface area (Å²) >= 11 is 0. The third kappa shape index (κ3) is 5.09. The number of hydrogen-bond acceptors (Lipinski definition) is 4. The van der Waals surface area contributed by atoms with Crippen LogP contribution in [0.15, 0.2) is 31.3 Å². The van der Waals surface area contributed by atoms with E-state index < -0.39 is 0 Å². The zero-order chi connectivity index (χ0) is 19.9. The molecule has 5 nitrogen and oxygen atoms in total. The Labute approximate surface area is 169 Å². The maximum atomic E-state index is 4.58. The summed E-state index contributed by atoms with van der Waals surface area (Å²) in [7, 11) is 0. The van der Waals surface area contributed by atoms with Gasteiger partial charge in [0.15, 0.2) is 0 Å². The first kappa shape index (κ1) is 20.7. The van der Waals surface area contributed by atoms with Crippen molar-refractivity contribution in [3.8, 4) is 0 Å². The summed E-state index contributed by atoms with van der Waals surface area (Å²) in [6, 6.07) is 0.529. The molecular weight excluding hydrogens is 346 g/mol. The highest BCUT2D eigenvalue weighted by atomic mass is 15.1. The SMILES string of the molecule is C=Cc1cn([C@H]2CC[C@@H](CNCCCNCCC(=C)C)C2)c2ncnc(C)c12. The Balaban J connectivity index is 1.45. The monoisotopic (exact) mass is 381 g/mol. The van der Waals surface area contributed by atoms with Crippen LogP contribution in [-0.2, 0) is 0 Å². The average molecular weight is 382 g/mol. The van der Waals surface area contributed by atoms with E-state index in [1.807, 2.05) is 6.08 Å². The molecule has 0 radical (unpaired) electrons. The van der Waals surface area contributed by atoms with Gasteiger partial charge in [0, 0.05) is 23.2 Å². The summed E-state index contributed by atoms with van der Waals surface area (Å²) in [5.74, 6) is 0.744. The van der Waals surface area contributed by atoms with E-state index in [4.69, 9.17) is 0 Å². The van der Waals surface area contributed by atoms with Crippen LogP contribution < -0.4 is 10.6 Å². The Kier molecular flexibility index (Phi) is 7.40. The van der Waals surface area contributed by atoms with Crippen LogP contribution in [0.25, 0.3) is 17.1 Å². The Morgan fingerprint density at radius 2 is 2.07 bits per heavy atom. The van der Waals surface area contributed by atoms with E-state index >= 15 is 0 Å². The first-order valence-corrected chi connectivity index (χ1v) is 10.6. The van der Waals surface area contributed by atoms with E-state index in [0.29, 0.717) is 6.04 Å². The molecule has 2 atom stereocenters. The van der Waals surface area contributed by atoms with E-state index in [2.05, 4.69) is 58.4 Å². The zero-order valence-corrected chi connectivity index (χ0v) is 17.5. The number of rotatable bonds is 11. The average Bonchev–Trinajstić information content (AvgIpc) is 3.28. The summed E-state index contributed by atoms with van der Waals surface area (Å²) in [5, 5.41) is 8.28. The summed E-state index contributed by atoms with van der Waals surface area (Å²) in [4.78, 5) is 8.94. The predicted octanol–water partition coefficient (Wildman–Crippen LogP) is 4.26. The minimum absolute atomic E-state index is 0.529. The van der Waals surface area contributed by atoms with Gasteiger partial charge in [0.1, 0.15) is 12.0 Å². The molecule has 0 amide bonds. The van der Waals surface area contributed by atoms with Gasteiger partial charge in [-0.3, -0.25) is 0 Å². The largest absolute Gasteiger partial charge is 0.329 e. The quantitative estimate of drug-likeness (QED) is 0.451. The minimum atomic E-state index is 0.529. The van der Waals surface area contributed by atoms with Crippen LogP contribution in [0, 0.1) is 12.8 Å². The van der Waals surface area contributed by atoms with Gasteiger partial charge in [-0.2, -0.15) is 0 Å². The van der Waals surface area contributed by atoms with Crippen LogP contribution in [-0.4, -0.2) is 40.7 Å². The van der Waals surface area contributed by atoms with Crippen molar-refractivity contribution >= 4 is 17.1 Å². The molecular formula is C23H35N5.